The minimum absolute atomic E-state index is 0.0814. The number of Topliss-reactive ketones (excluding diaryl/α,β-unsaturated/α-hetero) is 1. The molecule has 0 aliphatic carbocycles. The monoisotopic (exact) mass is 394 g/mol. The Kier molecular flexibility index (Phi) is 7.42. The molecule has 1 aromatic carbocycles. The highest BCUT2D eigenvalue weighted by Crippen LogP contribution is 2.40. The predicted molar refractivity (Wildman–Crippen MR) is 101 cm³/mol. The zero-order chi connectivity index (χ0) is 20.8. The number of methoxy groups -OCH3 is 2. The third kappa shape index (κ3) is 4.82. The normalized spacial score (nSPS) is 24.1. The second-order valence-electron chi connectivity index (χ2n) is 6.64. The van der Waals surface area contributed by atoms with E-state index in [-0.39, 0.29) is 41.2 Å². The Labute approximate surface area is 163 Å². The van der Waals surface area contributed by atoms with Crippen LogP contribution in [0, 0.1) is 0 Å². The molecule has 0 saturated carbocycles. The summed E-state index contributed by atoms with van der Waals surface area (Å²) in [6.07, 6.45) is 0.644. The molecule has 3 atom stereocenters. The van der Waals surface area contributed by atoms with Crippen molar-refractivity contribution in [2.24, 2.45) is 0 Å². The second-order valence-corrected chi connectivity index (χ2v) is 6.64. The molecule has 0 amide bonds. The molecule has 2 rings (SSSR count). The number of hydrogen-bond donors (Lipinski definition) is 3. The molecule has 0 fully saturated rings. The highest BCUT2D eigenvalue weighted by molar-refractivity contribution is 5.98. The van der Waals surface area contributed by atoms with Crippen LogP contribution in [0.1, 0.15) is 48.5 Å². The summed E-state index contributed by atoms with van der Waals surface area (Å²) in [5.41, 5.74) is 0.104. The van der Waals surface area contributed by atoms with Crippen molar-refractivity contribution in [3.63, 3.8) is 0 Å². The largest absolute Gasteiger partial charge is 0.507 e. The van der Waals surface area contributed by atoms with Crippen LogP contribution in [-0.2, 0) is 9.53 Å². The van der Waals surface area contributed by atoms with Gasteiger partial charge in [-0.3, -0.25) is 4.79 Å². The lowest BCUT2D eigenvalue weighted by molar-refractivity contribution is -0.135. The van der Waals surface area contributed by atoms with Gasteiger partial charge in [-0.05, 0) is 32.6 Å². The van der Waals surface area contributed by atoms with Crippen LogP contribution < -0.4 is 9.47 Å². The maximum absolute atomic E-state index is 12.7. The molecule has 0 aromatic heterocycles. The Balaban J connectivity index is 2.55. The van der Waals surface area contributed by atoms with Gasteiger partial charge in [0.1, 0.15) is 23.5 Å². The average molecular weight is 394 g/mol. The molecule has 3 N–H and O–H groups in total. The summed E-state index contributed by atoms with van der Waals surface area (Å²) in [6, 6.07) is 1.26. The van der Waals surface area contributed by atoms with E-state index >= 15 is 0 Å². The van der Waals surface area contributed by atoms with E-state index in [1.54, 1.807) is 6.92 Å². The van der Waals surface area contributed by atoms with Gasteiger partial charge in [-0.2, -0.15) is 0 Å². The summed E-state index contributed by atoms with van der Waals surface area (Å²) < 4.78 is 15.9. The van der Waals surface area contributed by atoms with Crippen molar-refractivity contribution in [1.82, 2.24) is 0 Å². The zero-order valence-corrected chi connectivity index (χ0v) is 16.2. The summed E-state index contributed by atoms with van der Waals surface area (Å²) in [7, 11) is 2.78. The number of ether oxygens (including phenoxy) is 3. The van der Waals surface area contributed by atoms with Crippen LogP contribution in [0.5, 0.6) is 17.2 Å². The van der Waals surface area contributed by atoms with Crippen LogP contribution in [0.3, 0.4) is 0 Å². The minimum Gasteiger partial charge on any atom is -0.507 e. The lowest BCUT2D eigenvalue weighted by atomic mass is 9.99. The van der Waals surface area contributed by atoms with Crippen LogP contribution in [0.4, 0.5) is 0 Å². The highest BCUT2D eigenvalue weighted by Gasteiger charge is 2.27. The van der Waals surface area contributed by atoms with E-state index in [4.69, 9.17) is 14.2 Å². The Bertz CT molecular complexity index is 755. The molecule has 0 bridgehead atoms. The third-order valence-electron chi connectivity index (χ3n) is 4.59. The van der Waals surface area contributed by atoms with Crippen molar-refractivity contribution in [3.8, 4) is 17.2 Å². The van der Waals surface area contributed by atoms with Gasteiger partial charge in [-0.25, -0.2) is 4.79 Å². The van der Waals surface area contributed by atoms with Crippen LogP contribution in [0.25, 0.3) is 6.08 Å². The number of rotatable bonds is 2. The number of phenolic OH excluding ortho intramolecular Hbond substituents is 1. The number of aromatic hydroxyl groups is 1. The van der Waals surface area contributed by atoms with Gasteiger partial charge in [-0.15, -0.1) is 0 Å². The number of hydrogen-bond acceptors (Lipinski definition) is 8. The molecule has 8 heteroatoms. The average Bonchev–Trinajstić information content (AvgIpc) is 2.65. The maximum atomic E-state index is 12.7. The van der Waals surface area contributed by atoms with Crippen LogP contribution in [-0.4, -0.2) is 59.6 Å². The van der Waals surface area contributed by atoms with Crippen molar-refractivity contribution in [1.29, 1.82) is 0 Å². The molecule has 154 valence electrons. The van der Waals surface area contributed by atoms with Crippen molar-refractivity contribution in [2.75, 3.05) is 14.2 Å². The standard InChI is InChI=1S/C20H26O8/c1-11-6-4-8-13(21)18(24)14(22)9-5-7-12-17(20(25)28-11)15(23)10-16(26-2)19(12)27-3/h5,7,10-11,13-14,21-23H,4,6,8-9H2,1-3H3. The highest BCUT2D eigenvalue weighted by atomic mass is 16.5. The van der Waals surface area contributed by atoms with E-state index in [1.807, 2.05) is 0 Å². The van der Waals surface area contributed by atoms with E-state index in [1.165, 1.54) is 32.4 Å². The van der Waals surface area contributed by atoms with E-state index in [2.05, 4.69) is 0 Å². The minimum atomic E-state index is -1.38. The second kappa shape index (κ2) is 9.57. The van der Waals surface area contributed by atoms with Gasteiger partial charge in [0.15, 0.2) is 17.3 Å². The van der Waals surface area contributed by atoms with Crippen molar-refractivity contribution < 1.29 is 39.1 Å². The number of ketones is 1. The van der Waals surface area contributed by atoms with Crippen LogP contribution in [0.2, 0.25) is 0 Å². The number of carbonyl (C=O) groups excluding carboxylic acids is 2. The fourth-order valence-corrected chi connectivity index (χ4v) is 3.08. The quantitative estimate of drug-likeness (QED) is 0.650. The summed E-state index contributed by atoms with van der Waals surface area (Å²) in [5.74, 6) is -1.33. The first kappa shape index (κ1) is 21.7. The van der Waals surface area contributed by atoms with Crippen LogP contribution in [0.15, 0.2) is 12.1 Å². The summed E-state index contributed by atoms with van der Waals surface area (Å²) in [4.78, 5) is 24.8. The van der Waals surface area contributed by atoms with Gasteiger partial charge in [-0.1, -0.05) is 12.2 Å². The number of cyclic esters (lactones) is 1. The van der Waals surface area contributed by atoms with E-state index < -0.39 is 30.1 Å². The number of esters is 1. The van der Waals surface area contributed by atoms with Gasteiger partial charge < -0.3 is 29.5 Å². The Hall–Kier alpha value is -2.58. The summed E-state index contributed by atoms with van der Waals surface area (Å²) in [6.45, 7) is 1.68. The first-order chi connectivity index (χ1) is 13.3. The van der Waals surface area contributed by atoms with Gasteiger partial charge in [0.25, 0.3) is 0 Å². The molecular weight excluding hydrogens is 368 g/mol. The topological polar surface area (TPSA) is 123 Å². The van der Waals surface area contributed by atoms with Gasteiger partial charge in [0, 0.05) is 11.6 Å². The van der Waals surface area contributed by atoms with Gasteiger partial charge in [0.2, 0.25) is 0 Å². The zero-order valence-electron chi connectivity index (χ0n) is 16.2. The first-order valence-electron chi connectivity index (χ1n) is 9.05. The van der Waals surface area contributed by atoms with E-state index in [0.29, 0.717) is 12.8 Å². The fourth-order valence-electron chi connectivity index (χ4n) is 3.08. The molecule has 0 radical (unpaired) electrons. The number of fused-ring (bicyclic) bond motifs is 1. The number of phenols is 1. The lowest BCUT2D eigenvalue weighted by Gasteiger charge is -2.19. The number of aliphatic hydroxyl groups excluding tert-OH is 2. The molecule has 1 aromatic rings. The number of benzene rings is 1. The predicted octanol–water partition coefficient (Wildman–Crippen LogP) is 1.83. The molecule has 0 saturated heterocycles. The molecule has 1 heterocycles. The van der Waals surface area contributed by atoms with E-state index in [0.717, 1.165) is 0 Å². The maximum Gasteiger partial charge on any atom is 0.342 e. The first-order valence-corrected chi connectivity index (χ1v) is 9.05. The molecule has 1 aliphatic rings. The lowest BCUT2D eigenvalue weighted by Crippen LogP contribution is -2.32. The Morgan fingerprint density at radius 3 is 2.46 bits per heavy atom. The van der Waals surface area contributed by atoms with E-state index in [9.17, 15) is 24.9 Å². The molecule has 1 aliphatic heterocycles. The van der Waals surface area contributed by atoms with Crippen molar-refractivity contribution >= 4 is 17.8 Å². The summed E-state index contributed by atoms with van der Waals surface area (Å²) >= 11 is 0. The van der Waals surface area contributed by atoms with Crippen molar-refractivity contribution in [3.05, 3.63) is 23.3 Å². The number of aliphatic hydroxyl groups is 2. The third-order valence-corrected chi connectivity index (χ3v) is 4.59. The fraction of sp³-hybridized carbons (Fsp3) is 0.500. The molecule has 0 spiro atoms. The molecular formula is C20H26O8. The van der Waals surface area contributed by atoms with Gasteiger partial charge in [0.05, 0.1) is 20.3 Å². The molecule has 8 nitrogen and oxygen atoms in total. The molecule has 3 unspecified atom stereocenters. The SMILES string of the molecule is COc1cc(O)c2c(c1OC)C=CCC(O)C(=O)C(O)CCCC(C)OC2=O. The van der Waals surface area contributed by atoms with Crippen LogP contribution >= 0.6 is 0 Å². The Morgan fingerprint density at radius 2 is 1.82 bits per heavy atom. The molecule has 28 heavy (non-hydrogen) atoms. The van der Waals surface area contributed by atoms with Crippen molar-refractivity contribution in [2.45, 2.75) is 50.9 Å². The smallest absolute Gasteiger partial charge is 0.342 e. The van der Waals surface area contributed by atoms with Gasteiger partial charge >= 0.3 is 5.97 Å². The summed E-state index contributed by atoms with van der Waals surface area (Å²) in [5, 5.41) is 30.3. The Morgan fingerprint density at radius 1 is 1.11 bits per heavy atom. The number of carbonyl (C=O) groups is 2.